The van der Waals surface area contributed by atoms with Gasteiger partial charge >= 0.3 is 5.97 Å². The van der Waals surface area contributed by atoms with E-state index in [2.05, 4.69) is 15.3 Å². The number of fused-ring (bicyclic) bond motifs is 1. The number of anilines is 1. The summed E-state index contributed by atoms with van der Waals surface area (Å²) in [6, 6.07) is 9.26. The van der Waals surface area contributed by atoms with Crippen LogP contribution in [-0.2, 0) is 6.42 Å². The van der Waals surface area contributed by atoms with Gasteiger partial charge in [-0.2, -0.15) is 0 Å². The number of nitrogens with zero attached hydrogens (tertiary/aromatic N) is 2. The van der Waals surface area contributed by atoms with Gasteiger partial charge in [0.2, 0.25) is 5.95 Å². The lowest BCUT2D eigenvalue weighted by Crippen LogP contribution is -2.25. The van der Waals surface area contributed by atoms with Crippen molar-refractivity contribution in [2.75, 3.05) is 11.9 Å². The quantitative estimate of drug-likeness (QED) is 0.878. The predicted molar refractivity (Wildman–Crippen MR) is 72.0 cm³/mol. The standard InChI is InChI=1S/C14H13N3O3/c18-13(19)11-5-6-15-14(17-11)16-8-10-7-9-3-1-2-4-12(9)20-10/h1-6,10H,7-8H2,(H,18,19)(H,15,16,17). The zero-order chi connectivity index (χ0) is 13.9. The van der Waals surface area contributed by atoms with Crippen molar-refractivity contribution in [1.29, 1.82) is 0 Å². The molecule has 2 heterocycles. The average Bonchev–Trinajstić information content (AvgIpc) is 2.88. The molecular weight excluding hydrogens is 258 g/mol. The van der Waals surface area contributed by atoms with Gasteiger partial charge in [0, 0.05) is 12.6 Å². The van der Waals surface area contributed by atoms with Crippen molar-refractivity contribution in [1.82, 2.24) is 9.97 Å². The third-order valence-corrected chi connectivity index (χ3v) is 3.08. The molecule has 1 aliphatic heterocycles. The molecule has 102 valence electrons. The van der Waals surface area contributed by atoms with Crippen LogP contribution in [0, 0.1) is 0 Å². The van der Waals surface area contributed by atoms with Crippen LogP contribution in [0.3, 0.4) is 0 Å². The number of hydrogen-bond acceptors (Lipinski definition) is 5. The lowest BCUT2D eigenvalue weighted by atomic mass is 10.1. The molecule has 6 heteroatoms. The number of rotatable bonds is 4. The van der Waals surface area contributed by atoms with Crippen LogP contribution in [0.2, 0.25) is 0 Å². The molecule has 1 atom stereocenters. The maximum atomic E-state index is 10.8. The van der Waals surface area contributed by atoms with Crippen LogP contribution in [0.15, 0.2) is 36.5 Å². The average molecular weight is 271 g/mol. The predicted octanol–water partition coefficient (Wildman–Crippen LogP) is 1.59. The van der Waals surface area contributed by atoms with E-state index in [9.17, 15) is 4.79 Å². The first-order chi connectivity index (χ1) is 9.72. The summed E-state index contributed by atoms with van der Waals surface area (Å²) in [6.45, 7) is 0.526. The third-order valence-electron chi connectivity index (χ3n) is 3.08. The molecule has 0 bridgehead atoms. The zero-order valence-corrected chi connectivity index (χ0v) is 10.6. The molecule has 0 saturated heterocycles. The van der Waals surface area contributed by atoms with Crippen molar-refractivity contribution >= 4 is 11.9 Å². The van der Waals surface area contributed by atoms with Crippen molar-refractivity contribution in [3.05, 3.63) is 47.8 Å². The van der Waals surface area contributed by atoms with Gasteiger partial charge in [0.25, 0.3) is 0 Å². The highest BCUT2D eigenvalue weighted by Crippen LogP contribution is 2.27. The number of hydrogen-bond donors (Lipinski definition) is 2. The molecule has 20 heavy (non-hydrogen) atoms. The molecular formula is C14H13N3O3. The largest absolute Gasteiger partial charge is 0.488 e. The Hall–Kier alpha value is -2.63. The summed E-state index contributed by atoms with van der Waals surface area (Å²) in [6.07, 6.45) is 2.25. The van der Waals surface area contributed by atoms with Gasteiger partial charge < -0.3 is 15.2 Å². The van der Waals surface area contributed by atoms with Crippen LogP contribution >= 0.6 is 0 Å². The first kappa shape index (κ1) is 12.4. The molecule has 2 aromatic rings. The van der Waals surface area contributed by atoms with E-state index in [0.29, 0.717) is 12.5 Å². The van der Waals surface area contributed by atoms with Crippen LogP contribution in [0.25, 0.3) is 0 Å². The lowest BCUT2D eigenvalue weighted by Gasteiger charge is -2.11. The molecule has 3 rings (SSSR count). The molecule has 1 unspecified atom stereocenters. The fraction of sp³-hybridized carbons (Fsp3) is 0.214. The Morgan fingerprint density at radius 2 is 2.25 bits per heavy atom. The van der Waals surface area contributed by atoms with Crippen LogP contribution in [-0.4, -0.2) is 33.7 Å². The first-order valence-electron chi connectivity index (χ1n) is 6.27. The highest BCUT2D eigenvalue weighted by molar-refractivity contribution is 5.85. The van der Waals surface area contributed by atoms with Gasteiger partial charge in [0.1, 0.15) is 11.9 Å². The topological polar surface area (TPSA) is 84.3 Å². The van der Waals surface area contributed by atoms with E-state index in [-0.39, 0.29) is 11.8 Å². The minimum absolute atomic E-state index is 0.00415. The zero-order valence-electron chi connectivity index (χ0n) is 10.6. The van der Waals surface area contributed by atoms with E-state index in [4.69, 9.17) is 9.84 Å². The fourth-order valence-corrected chi connectivity index (χ4v) is 2.14. The number of aromatic nitrogens is 2. The Bertz CT molecular complexity index is 620. The van der Waals surface area contributed by atoms with Crippen molar-refractivity contribution in [2.24, 2.45) is 0 Å². The molecule has 0 amide bonds. The molecule has 1 aromatic heterocycles. The molecule has 0 saturated carbocycles. The van der Waals surface area contributed by atoms with E-state index in [1.54, 1.807) is 0 Å². The first-order valence-corrected chi connectivity index (χ1v) is 6.27. The molecule has 0 spiro atoms. The molecule has 6 nitrogen and oxygen atoms in total. The Morgan fingerprint density at radius 3 is 3.05 bits per heavy atom. The summed E-state index contributed by atoms with van der Waals surface area (Å²) < 4.78 is 5.77. The lowest BCUT2D eigenvalue weighted by molar-refractivity contribution is 0.0690. The summed E-state index contributed by atoms with van der Waals surface area (Å²) in [5.74, 6) is 0.129. The van der Waals surface area contributed by atoms with Gasteiger partial charge in [-0.15, -0.1) is 0 Å². The number of carboxylic acids is 1. The summed E-state index contributed by atoms with van der Waals surface area (Å²) in [4.78, 5) is 18.7. The maximum absolute atomic E-state index is 10.8. The van der Waals surface area contributed by atoms with Crippen molar-refractivity contribution in [2.45, 2.75) is 12.5 Å². The minimum Gasteiger partial charge on any atom is -0.488 e. The van der Waals surface area contributed by atoms with E-state index < -0.39 is 5.97 Å². The molecule has 0 fully saturated rings. The normalized spacial score (nSPS) is 16.3. The Kier molecular flexibility index (Phi) is 3.20. The van der Waals surface area contributed by atoms with Gasteiger partial charge in [-0.05, 0) is 17.7 Å². The summed E-state index contributed by atoms with van der Waals surface area (Å²) >= 11 is 0. The highest BCUT2D eigenvalue weighted by atomic mass is 16.5. The third kappa shape index (κ3) is 2.54. The number of benzene rings is 1. The van der Waals surface area contributed by atoms with Gasteiger partial charge in [0.15, 0.2) is 5.69 Å². The second kappa shape index (κ2) is 5.16. The summed E-state index contributed by atoms with van der Waals surface area (Å²) in [5, 5.41) is 11.9. The van der Waals surface area contributed by atoms with E-state index in [0.717, 1.165) is 12.2 Å². The molecule has 0 radical (unpaired) electrons. The molecule has 1 aliphatic rings. The van der Waals surface area contributed by atoms with Gasteiger partial charge in [0.05, 0.1) is 6.54 Å². The smallest absolute Gasteiger partial charge is 0.354 e. The maximum Gasteiger partial charge on any atom is 0.354 e. The van der Waals surface area contributed by atoms with Crippen molar-refractivity contribution in [3.8, 4) is 5.75 Å². The summed E-state index contributed by atoms with van der Waals surface area (Å²) in [7, 11) is 0. The minimum atomic E-state index is -1.07. The van der Waals surface area contributed by atoms with Gasteiger partial charge in [-0.3, -0.25) is 0 Å². The molecule has 2 N–H and O–H groups in total. The number of para-hydroxylation sites is 1. The second-order valence-electron chi connectivity index (χ2n) is 4.50. The number of carbonyl (C=O) groups is 1. The van der Waals surface area contributed by atoms with Gasteiger partial charge in [-0.1, -0.05) is 18.2 Å². The fourth-order valence-electron chi connectivity index (χ4n) is 2.14. The van der Waals surface area contributed by atoms with E-state index >= 15 is 0 Å². The molecule has 0 aliphatic carbocycles. The second-order valence-corrected chi connectivity index (χ2v) is 4.50. The number of ether oxygens (including phenoxy) is 1. The Morgan fingerprint density at radius 1 is 1.40 bits per heavy atom. The van der Waals surface area contributed by atoms with Crippen LogP contribution in [0.4, 0.5) is 5.95 Å². The Balaban J connectivity index is 1.61. The number of aromatic carboxylic acids is 1. The molecule has 1 aromatic carbocycles. The monoisotopic (exact) mass is 271 g/mol. The van der Waals surface area contributed by atoms with Crippen molar-refractivity contribution < 1.29 is 14.6 Å². The highest BCUT2D eigenvalue weighted by Gasteiger charge is 2.22. The number of carboxylic acid groups (broad SMARTS) is 1. The van der Waals surface area contributed by atoms with Crippen LogP contribution in [0.1, 0.15) is 16.1 Å². The summed E-state index contributed by atoms with van der Waals surface area (Å²) in [5.41, 5.74) is 1.15. The Labute approximate surface area is 115 Å². The van der Waals surface area contributed by atoms with E-state index in [1.165, 1.54) is 17.8 Å². The number of nitrogens with one attached hydrogen (secondary N) is 1. The van der Waals surface area contributed by atoms with Crippen molar-refractivity contribution in [3.63, 3.8) is 0 Å². The van der Waals surface area contributed by atoms with Crippen LogP contribution in [0.5, 0.6) is 5.75 Å². The van der Waals surface area contributed by atoms with Crippen LogP contribution < -0.4 is 10.1 Å². The van der Waals surface area contributed by atoms with Gasteiger partial charge in [-0.25, -0.2) is 14.8 Å². The van der Waals surface area contributed by atoms with E-state index in [1.807, 2.05) is 24.3 Å². The SMILES string of the molecule is O=C(O)c1ccnc(NCC2Cc3ccccc3O2)n1.